The summed E-state index contributed by atoms with van der Waals surface area (Å²) in [5.41, 5.74) is 1.40. The van der Waals surface area contributed by atoms with Crippen molar-refractivity contribution in [2.24, 2.45) is 0 Å². The van der Waals surface area contributed by atoms with Gasteiger partial charge in [0.1, 0.15) is 5.69 Å². The fraction of sp³-hybridized carbons (Fsp3) is 0.519. The SMILES string of the molecule is CCCN1CCN(CCCNC(=O)CCC(=O)N2Cc3cccc(OC)c3Oc3ncccc32)CC1. The molecule has 1 saturated heterocycles. The van der Waals surface area contributed by atoms with Crippen LogP contribution in [0.25, 0.3) is 0 Å². The van der Waals surface area contributed by atoms with E-state index in [9.17, 15) is 9.59 Å². The highest BCUT2D eigenvalue weighted by atomic mass is 16.5. The lowest BCUT2D eigenvalue weighted by Crippen LogP contribution is -2.47. The normalized spacial score (nSPS) is 15.9. The van der Waals surface area contributed by atoms with E-state index in [2.05, 4.69) is 27.0 Å². The van der Waals surface area contributed by atoms with Gasteiger partial charge < -0.3 is 29.5 Å². The Hall–Kier alpha value is -3.17. The molecule has 4 rings (SSSR count). The smallest absolute Gasteiger partial charge is 0.243 e. The molecule has 1 aromatic heterocycles. The molecule has 194 valence electrons. The Labute approximate surface area is 213 Å². The van der Waals surface area contributed by atoms with Crippen molar-refractivity contribution in [1.82, 2.24) is 20.1 Å². The number of anilines is 1. The van der Waals surface area contributed by atoms with E-state index in [-0.39, 0.29) is 24.7 Å². The first-order valence-corrected chi connectivity index (χ1v) is 12.9. The lowest BCUT2D eigenvalue weighted by atomic mass is 10.1. The number of hydrogen-bond donors (Lipinski definition) is 1. The van der Waals surface area contributed by atoms with Crippen LogP contribution in [0.5, 0.6) is 17.4 Å². The molecular weight excluding hydrogens is 458 g/mol. The number of nitrogens with zero attached hydrogens (tertiary/aromatic N) is 4. The van der Waals surface area contributed by atoms with Crippen molar-refractivity contribution in [1.29, 1.82) is 0 Å². The highest BCUT2D eigenvalue weighted by Crippen LogP contribution is 2.42. The van der Waals surface area contributed by atoms with Crippen LogP contribution in [0.4, 0.5) is 5.69 Å². The number of piperazine rings is 1. The Morgan fingerprint density at radius 1 is 1.06 bits per heavy atom. The molecule has 0 aliphatic carbocycles. The summed E-state index contributed by atoms with van der Waals surface area (Å²) >= 11 is 0. The number of carbonyl (C=O) groups excluding carboxylic acids is 2. The topological polar surface area (TPSA) is 87.2 Å². The van der Waals surface area contributed by atoms with Gasteiger partial charge >= 0.3 is 0 Å². The lowest BCUT2D eigenvalue weighted by molar-refractivity contribution is -0.125. The number of nitrogens with one attached hydrogen (secondary N) is 1. The van der Waals surface area contributed by atoms with E-state index in [1.165, 1.54) is 13.0 Å². The zero-order valence-electron chi connectivity index (χ0n) is 21.4. The molecule has 36 heavy (non-hydrogen) atoms. The standard InChI is InChI=1S/C27H37N5O4/c1-3-14-30-16-18-31(19-17-30)15-6-13-28-24(33)10-11-25(34)32-20-21-7-4-9-23(35-2)26(21)36-27-22(32)8-5-12-29-27/h4-5,7-9,12H,3,6,10-11,13-20H2,1-2H3,(H,28,33). The molecule has 9 heteroatoms. The molecule has 3 heterocycles. The maximum absolute atomic E-state index is 13.2. The monoisotopic (exact) mass is 495 g/mol. The van der Waals surface area contributed by atoms with E-state index in [0.29, 0.717) is 36.2 Å². The number of methoxy groups -OCH3 is 1. The maximum Gasteiger partial charge on any atom is 0.243 e. The number of carbonyl (C=O) groups is 2. The van der Waals surface area contributed by atoms with Crippen LogP contribution in [0.2, 0.25) is 0 Å². The molecule has 0 atom stereocenters. The highest BCUT2D eigenvalue weighted by molar-refractivity contribution is 5.96. The lowest BCUT2D eigenvalue weighted by Gasteiger charge is -2.34. The van der Waals surface area contributed by atoms with E-state index in [1.54, 1.807) is 30.3 Å². The van der Waals surface area contributed by atoms with Gasteiger partial charge in [0.2, 0.25) is 17.7 Å². The summed E-state index contributed by atoms with van der Waals surface area (Å²) in [6.45, 7) is 9.75. The number of rotatable bonds is 10. The van der Waals surface area contributed by atoms with Crippen LogP contribution in [0.1, 0.15) is 38.2 Å². The van der Waals surface area contributed by atoms with Crippen molar-refractivity contribution in [2.75, 3.05) is 57.8 Å². The van der Waals surface area contributed by atoms with Crippen molar-refractivity contribution in [3.05, 3.63) is 42.1 Å². The number of amides is 2. The molecule has 0 spiro atoms. The van der Waals surface area contributed by atoms with Crippen LogP contribution in [-0.2, 0) is 16.1 Å². The largest absolute Gasteiger partial charge is 0.493 e. The second-order valence-electron chi connectivity index (χ2n) is 9.24. The molecule has 1 aromatic carbocycles. The van der Waals surface area contributed by atoms with Gasteiger partial charge in [-0.05, 0) is 44.1 Å². The fourth-order valence-corrected chi connectivity index (χ4v) is 4.73. The van der Waals surface area contributed by atoms with Gasteiger partial charge in [-0.15, -0.1) is 0 Å². The van der Waals surface area contributed by atoms with E-state index < -0.39 is 0 Å². The average molecular weight is 496 g/mol. The summed E-state index contributed by atoms with van der Waals surface area (Å²) < 4.78 is 11.5. The van der Waals surface area contributed by atoms with E-state index in [4.69, 9.17) is 9.47 Å². The molecule has 2 amide bonds. The molecule has 1 fully saturated rings. The van der Waals surface area contributed by atoms with Gasteiger partial charge in [-0.3, -0.25) is 9.59 Å². The summed E-state index contributed by atoms with van der Waals surface area (Å²) in [5, 5.41) is 2.97. The van der Waals surface area contributed by atoms with Crippen molar-refractivity contribution in [2.45, 2.75) is 39.2 Å². The summed E-state index contributed by atoms with van der Waals surface area (Å²) in [7, 11) is 1.58. The molecule has 0 radical (unpaired) electrons. The molecule has 2 aliphatic heterocycles. The number of pyridine rings is 1. The van der Waals surface area contributed by atoms with Crippen molar-refractivity contribution in [3.63, 3.8) is 0 Å². The molecule has 0 bridgehead atoms. The summed E-state index contributed by atoms with van der Waals surface area (Å²) in [5.74, 6) is 1.23. The molecule has 1 N–H and O–H groups in total. The van der Waals surface area contributed by atoms with E-state index in [0.717, 1.165) is 44.7 Å². The molecule has 2 aliphatic rings. The first-order chi connectivity index (χ1) is 17.6. The van der Waals surface area contributed by atoms with Gasteiger partial charge in [-0.2, -0.15) is 0 Å². The fourth-order valence-electron chi connectivity index (χ4n) is 4.73. The van der Waals surface area contributed by atoms with Gasteiger partial charge in [-0.1, -0.05) is 19.1 Å². The van der Waals surface area contributed by atoms with Gasteiger partial charge in [0.25, 0.3) is 0 Å². The second-order valence-corrected chi connectivity index (χ2v) is 9.24. The van der Waals surface area contributed by atoms with Crippen LogP contribution in [0.15, 0.2) is 36.5 Å². The Balaban J connectivity index is 1.26. The van der Waals surface area contributed by atoms with Crippen LogP contribution < -0.4 is 19.7 Å². The van der Waals surface area contributed by atoms with Gasteiger partial charge in [-0.25, -0.2) is 4.98 Å². The summed E-state index contributed by atoms with van der Waals surface area (Å²) in [6, 6.07) is 9.16. The predicted octanol–water partition coefficient (Wildman–Crippen LogP) is 3.04. The van der Waals surface area contributed by atoms with Crippen LogP contribution in [-0.4, -0.2) is 79.5 Å². The summed E-state index contributed by atoms with van der Waals surface area (Å²) in [4.78, 5) is 36.6. The zero-order valence-corrected chi connectivity index (χ0v) is 21.4. The van der Waals surface area contributed by atoms with Crippen LogP contribution in [0, 0.1) is 0 Å². The molecular formula is C27H37N5O4. The van der Waals surface area contributed by atoms with Crippen LogP contribution in [0.3, 0.4) is 0 Å². The third kappa shape index (κ3) is 6.53. The van der Waals surface area contributed by atoms with Crippen molar-refractivity contribution in [3.8, 4) is 17.4 Å². The van der Waals surface area contributed by atoms with Gasteiger partial charge in [0, 0.05) is 57.3 Å². The number of benzene rings is 1. The van der Waals surface area contributed by atoms with Crippen molar-refractivity contribution >= 4 is 17.5 Å². The van der Waals surface area contributed by atoms with E-state index >= 15 is 0 Å². The average Bonchev–Trinajstić information content (AvgIpc) is 3.07. The third-order valence-electron chi connectivity index (χ3n) is 6.69. The first kappa shape index (κ1) is 25.9. The maximum atomic E-state index is 13.2. The second kappa shape index (κ2) is 12.7. The number of hydrogen-bond acceptors (Lipinski definition) is 7. The highest BCUT2D eigenvalue weighted by Gasteiger charge is 2.28. The summed E-state index contributed by atoms with van der Waals surface area (Å²) in [6.07, 6.45) is 3.99. The Morgan fingerprint density at radius 3 is 2.58 bits per heavy atom. The number of para-hydroxylation sites is 1. The molecule has 0 saturated carbocycles. The van der Waals surface area contributed by atoms with Crippen LogP contribution >= 0.6 is 0 Å². The van der Waals surface area contributed by atoms with Gasteiger partial charge in [0.05, 0.1) is 13.7 Å². The Bertz CT molecular complexity index is 1040. The minimum atomic E-state index is -0.149. The molecule has 2 aromatic rings. The number of fused-ring (bicyclic) bond motifs is 2. The minimum Gasteiger partial charge on any atom is -0.493 e. The number of ether oxygens (including phenoxy) is 2. The molecule has 0 unspecified atom stereocenters. The predicted molar refractivity (Wildman–Crippen MR) is 139 cm³/mol. The zero-order chi connectivity index (χ0) is 25.3. The number of aromatic nitrogens is 1. The molecule has 9 nitrogen and oxygen atoms in total. The van der Waals surface area contributed by atoms with E-state index in [1.807, 2.05) is 18.2 Å². The van der Waals surface area contributed by atoms with Crippen molar-refractivity contribution < 1.29 is 19.1 Å². The first-order valence-electron chi connectivity index (χ1n) is 12.9. The quantitative estimate of drug-likeness (QED) is 0.507. The van der Waals surface area contributed by atoms with Gasteiger partial charge in [0.15, 0.2) is 11.5 Å². The Kier molecular flexibility index (Phi) is 9.13. The minimum absolute atomic E-state index is 0.101. The third-order valence-corrected chi connectivity index (χ3v) is 6.69. The Morgan fingerprint density at radius 2 is 1.83 bits per heavy atom.